The molecule has 0 aromatic heterocycles. The van der Waals surface area contributed by atoms with Crippen LogP contribution >= 0.6 is 0 Å². The molecule has 0 spiro atoms. The zero-order valence-corrected chi connectivity index (χ0v) is 15.9. The number of carbonyl (C=O) groups is 2. The fourth-order valence-electron chi connectivity index (χ4n) is 4.14. The number of rotatable bonds is 3. The van der Waals surface area contributed by atoms with Gasteiger partial charge in [0.15, 0.2) is 6.10 Å². The van der Waals surface area contributed by atoms with E-state index in [2.05, 4.69) is 0 Å². The van der Waals surface area contributed by atoms with Crippen molar-refractivity contribution < 1.29 is 14.4 Å². The van der Waals surface area contributed by atoms with Crippen molar-refractivity contribution in [2.75, 3.05) is 9.96 Å². The van der Waals surface area contributed by atoms with Gasteiger partial charge in [-0.15, -0.1) is 0 Å². The summed E-state index contributed by atoms with van der Waals surface area (Å²) in [4.78, 5) is 33.9. The van der Waals surface area contributed by atoms with Crippen LogP contribution in [0.25, 0.3) is 0 Å². The minimum atomic E-state index is -0.904. The van der Waals surface area contributed by atoms with E-state index in [1.165, 1.54) is 4.90 Å². The maximum Gasteiger partial charge on any atom is 0.266 e. The predicted molar refractivity (Wildman–Crippen MR) is 110 cm³/mol. The van der Waals surface area contributed by atoms with Gasteiger partial charge in [-0.25, -0.2) is 9.96 Å². The summed E-state index contributed by atoms with van der Waals surface area (Å²) in [5.41, 5.74) is 2.59. The lowest BCUT2D eigenvalue weighted by Crippen LogP contribution is -2.37. The van der Waals surface area contributed by atoms with Gasteiger partial charge in [0.25, 0.3) is 5.91 Å². The third kappa shape index (κ3) is 2.76. The summed E-state index contributed by atoms with van der Waals surface area (Å²) in [7, 11) is 0. The van der Waals surface area contributed by atoms with Crippen LogP contribution in [0.3, 0.4) is 0 Å². The van der Waals surface area contributed by atoms with Crippen LogP contribution in [-0.2, 0) is 14.4 Å². The van der Waals surface area contributed by atoms with Crippen molar-refractivity contribution in [3.05, 3.63) is 96.1 Å². The highest BCUT2D eigenvalue weighted by atomic mass is 16.7. The molecule has 0 bridgehead atoms. The molecule has 6 heteroatoms. The van der Waals surface area contributed by atoms with E-state index in [4.69, 9.17) is 10.1 Å². The molecule has 6 nitrogen and oxygen atoms in total. The Kier molecular flexibility index (Phi) is 4.31. The average molecular weight is 395 g/mol. The van der Waals surface area contributed by atoms with Gasteiger partial charge in [-0.1, -0.05) is 48.5 Å². The van der Waals surface area contributed by atoms with Crippen molar-refractivity contribution in [2.24, 2.45) is 5.92 Å². The zero-order valence-electron chi connectivity index (χ0n) is 15.9. The van der Waals surface area contributed by atoms with E-state index in [1.54, 1.807) is 29.3 Å². The van der Waals surface area contributed by atoms with Gasteiger partial charge in [0.05, 0.1) is 29.0 Å². The number of anilines is 2. The number of hydroxylamine groups is 1. The summed E-state index contributed by atoms with van der Waals surface area (Å²) in [5.74, 6) is -1.37. The molecule has 3 aromatic carbocycles. The molecule has 3 unspecified atom stereocenters. The highest BCUT2D eigenvalue weighted by Crippen LogP contribution is 2.47. The molecule has 2 aliphatic rings. The van der Waals surface area contributed by atoms with Crippen LogP contribution < -0.4 is 9.96 Å². The lowest BCUT2D eigenvalue weighted by atomic mass is 9.90. The number of carbonyl (C=O) groups excluding carboxylic acids is 2. The van der Waals surface area contributed by atoms with Gasteiger partial charge in [-0.05, 0) is 42.0 Å². The first kappa shape index (κ1) is 18.1. The first-order valence-electron chi connectivity index (χ1n) is 9.63. The smallest absolute Gasteiger partial charge is 0.266 e. The molecule has 2 amide bonds. The number of para-hydroxylation sites is 1. The molecule has 2 aliphatic heterocycles. The van der Waals surface area contributed by atoms with Gasteiger partial charge in [0, 0.05) is 0 Å². The lowest BCUT2D eigenvalue weighted by molar-refractivity contribution is -0.126. The fraction of sp³-hybridized carbons (Fsp3) is 0.125. The van der Waals surface area contributed by atoms with Crippen molar-refractivity contribution >= 4 is 23.2 Å². The molecule has 5 rings (SSSR count). The van der Waals surface area contributed by atoms with Crippen LogP contribution in [-0.4, -0.2) is 17.9 Å². The SMILES string of the molecule is N#Cc1ccc(N2C(=O)C3ON(c4ccccc4)C(c4ccccc4)C3C2=O)cc1. The Morgan fingerprint density at radius 2 is 1.40 bits per heavy atom. The van der Waals surface area contributed by atoms with Gasteiger partial charge < -0.3 is 0 Å². The second-order valence-electron chi connectivity index (χ2n) is 7.24. The van der Waals surface area contributed by atoms with Crippen molar-refractivity contribution in [2.45, 2.75) is 12.1 Å². The summed E-state index contributed by atoms with van der Waals surface area (Å²) in [6.45, 7) is 0. The van der Waals surface area contributed by atoms with E-state index in [9.17, 15) is 9.59 Å². The fourth-order valence-corrected chi connectivity index (χ4v) is 4.14. The third-order valence-electron chi connectivity index (χ3n) is 5.52. The number of hydrogen-bond acceptors (Lipinski definition) is 5. The normalized spacial score (nSPS) is 22.8. The molecule has 2 saturated heterocycles. The monoisotopic (exact) mass is 395 g/mol. The van der Waals surface area contributed by atoms with E-state index in [1.807, 2.05) is 66.7 Å². The van der Waals surface area contributed by atoms with Crippen LogP contribution in [0.5, 0.6) is 0 Å². The van der Waals surface area contributed by atoms with Crippen molar-refractivity contribution in [1.29, 1.82) is 5.26 Å². The minimum Gasteiger partial charge on any atom is -0.273 e. The van der Waals surface area contributed by atoms with Crippen LogP contribution in [0.2, 0.25) is 0 Å². The highest BCUT2D eigenvalue weighted by molar-refractivity contribution is 6.23. The van der Waals surface area contributed by atoms with Gasteiger partial charge in [-0.2, -0.15) is 5.26 Å². The van der Waals surface area contributed by atoms with Crippen molar-refractivity contribution in [3.8, 4) is 6.07 Å². The van der Waals surface area contributed by atoms with E-state index in [-0.39, 0.29) is 5.91 Å². The maximum atomic E-state index is 13.4. The number of amides is 2. The van der Waals surface area contributed by atoms with Gasteiger partial charge in [-0.3, -0.25) is 14.4 Å². The molecule has 3 atom stereocenters. The number of nitriles is 1. The first-order chi connectivity index (χ1) is 14.7. The molecule has 2 fully saturated rings. The number of hydrogen-bond donors (Lipinski definition) is 0. The summed E-state index contributed by atoms with van der Waals surface area (Å²) >= 11 is 0. The summed E-state index contributed by atoms with van der Waals surface area (Å²) in [5, 5.41) is 10.7. The quantitative estimate of drug-likeness (QED) is 0.634. The molecule has 0 N–H and O–H groups in total. The Hall–Kier alpha value is -3.95. The van der Waals surface area contributed by atoms with Crippen molar-refractivity contribution in [1.82, 2.24) is 0 Å². The predicted octanol–water partition coefficient (Wildman–Crippen LogP) is 3.61. The van der Waals surface area contributed by atoms with Gasteiger partial charge in [0.2, 0.25) is 5.91 Å². The van der Waals surface area contributed by atoms with Crippen LogP contribution in [0.4, 0.5) is 11.4 Å². The second kappa shape index (κ2) is 7.14. The number of nitrogens with zero attached hydrogens (tertiary/aromatic N) is 3. The molecule has 2 heterocycles. The molecule has 0 radical (unpaired) electrons. The Morgan fingerprint density at radius 3 is 2.03 bits per heavy atom. The highest BCUT2D eigenvalue weighted by Gasteiger charge is 2.60. The third-order valence-corrected chi connectivity index (χ3v) is 5.52. The first-order valence-corrected chi connectivity index (χ1v) is 9.63. The van der Waals surface area contributed by atoms with E-state index in [0.717, 1.165) is 11.3 Å². The minimum absolute atomic E-state index is 0.304. The number of imide groups is 1. The largest absolute Gasteiger partial charge is 0.273 e. The van der Waals surface area contributed by atoms with Crippen LogP contribution in [0, 0.1) is 17.2 Å². The zero-order chi connectivity index (χ0) is 20.7. The van der Waals surface area contributed by atoms with Gasteiger partial charge >= 0.3 is 0 Å². The topological polar surface area (TPSA) is 73.6 Å². The second-order valence-corrected chi connectivity index (χ2v) is 7.24. The van der Waals surface area contributed by atoms with E-state index in [0.29, 0.717) is 11.3 Å². The van der Waals surface area contributed by atoms with Crippen LogP contribution in [0.15, 0.2) is 84.9 Å². The van der Waals surface area contributed by atoms with Crippen LogP contribution in [0.1, 0.15) is 17.2 Å². The van der Waals surface area contributed by atoms with E-state index >= 15 is 0 Å². The average Bonchev–Trinajstić information content (AvgIpc) is 3.31. The Balaban J connectivity index is 1.56. The summed E-state index contributed by atoms with van der Waals surface area (Å²) in [6.07, 6.45) is -0.904. The number of benzene rings is 3. The standard InChI is InChI=1S/C24H17N3O3/c25-15-16-11-13-18(14-12-16)26-23(28)20-21(17-7-3-1-4-8-17)27(30-22(20)24(26)29)19-9-5-2-6-10-19/h1-14,20-22H. The molecular weight excluding hydrogens is 378 g/mol. The van der Waals surface area contributed by atoms with Crippen molar-refractivity contribution in [3.63, 3.8) is 0 Å². The molecule has 0 saturated carbocycles. The molecule has 146 valence electrons. The molecule has 30 heavy (non-hydrogen) atoms. The number of fused-ring (bicyclic) bond motifs is 1. The van der Waals surface area contributed by atoms with E-state index < -0.39 is 24.0 Å². The maximum absolute atomic E-state index is 13.4. The Labute approximate surface area is 173 Å². The van der Waals surface area contributed by atoms with Gasteiger partial charge in [0.1, 0.15) is 5.92 Å². The molecular formula is C24H17N3O3. The Morgan fingerprint density at radius 1 is 0.767 bits per heavy atom. The molecule has 0 aliphatic carbocycles. The molecule has 3 aromatic rings. The summed E-state index contributed by atoms with van der Waals surface area (Å²) < 4.78 is 0. The Bertz CT molecular complexity index is 1140. The lowest BCUT2D eigenvalue weighted by Gasteiger charge is -2.28. The summed E-state index contributed by atoms with van der Waals surface area (Å²) in [6, 6.07) is 27.1.